The Hall–Kier alpha value is -1.89. The minimum atomic E-state index is -0.877. The number of aliphatic carboxylic acids is 1. The Morgan fingerprint density at radius 3 is 2.91 bits per heavy atom. The molecule has 0 saturated carbocycles. The third-order valence-electron chi connectivity index (χ3n) is 4.25. The minimum Gasteiger partial charge on any atom is -0.481 e. The summed E-state index contributed by atoms with van der Waals surface area (Å²) >= 11 is 0. The van der Waals surface area contributed by atoms with Gasteiger partial charge in [0.1, 0.15) is 5.69 Å². The van der Waals surface area contributed by atoms with Gasteiger partial charge in [0.15, 0.2) is 0 Å². The van der Waals surface area contributed by atoms with Gasteiger partial charge in [-0.1, -0.05) is 0 Å². The second-order valence-electron chi connectivity index (χ2n) is 5.95. The van der Waals surface area contributed by atoms with Crippen LogP contribution < -0.4 is 0 Å². The summed E-state index contributed by atoms with van der Waals surface area (Å²) in [5.74, 6) is -1.04. The number of aromatic nitrogens is 2. The van der Waals surface area contributed by atoms with Gasteiger partial charge in [0.05, 0.1) is 5.41 Å². The lowest BCUT2D eigenvalue weighted by Crippen LogP contribution is -2.50. The van der Waals surface area contributed by atoms with Crippen molar-refractivity contribution in [3.8, 4) is 0 Å². The van der Waals surface area contributed by atoms with Crippen LogP contribution in [0, 0.1) is 12.3 Å². The smallest absolute Gasteiger partial charge is 0.311 e. The molecule has 0 aliphatic carbocycles. The van der Waals surface area contributed by atoms with Gasteiger partial charge in [-0.3, -0.25) is 14.7 Å². The number of hydrogen-bond donors (Lipinski definition) is 2. The Morgan fingerprint density at radius 1 is 1.55 bits per heavy atom. The minimum absolute atomic E-state index is 0.207. The molecule has 1 atom stereocenters. The monoisotopic (exact) mass is 309 g/mol. The molecule has 1 aromatic rings. The van der Waals surface area contributed by atoms with E-state index in [9.17, 15) is 14.7 Å². The molecule has 1 aromatic heterocycles. The lowest BCUT2D eigenvalue weighted by atomic mass is 9.76. The van der Waals surface area contributed by atoms with Crippen molar-refractivity contribution in [2.45, 2.75) is 32.6 Å². The quantitative estimate of drug-likeness (QED) is 0.775. The summed E-state index contributed by atoms with van der Waals surface area (Å²) in [4.78, 5) is 25.9. The van der Waals surface area contributed by atoms with Crippen molar-refractivity contribution < 1.29 is 19.4 Å². The highest BCUT2D eigenvalue weighted by Crippen LogP contribution is 2.35. The number of hydrogen-bond acceptors (Lipinski definition) is 4. The van der Waals surface area contributed by atoms with E-state index in [1.807, 2.05) is 6.92 Å². The van der Waals surface area contributed by atoms with E-state index >= 15 is 0 Å². The highest BCUT2D eigenvalue weighted by atomic mass is 16.5. The second kappa shape index (κ2) is 6.91. The largest absolute Gasteiger partial charge is 0.481 e. The summed E-state index contributed by atoms with van der Waals surface area (Å²) in [6, 6.07) is 1.68. The molecule has 0 radical (unpaired) electrons. The van der Waals surface area contributed by atoms with Gasteiger partial charge in [0, 0.05) is 32.5 Å². The van der Waals surface area contributed by atoms with Gasteiger partial charge >= 0.3 is 5.97 Å². The number of nitrogens with one attached hydrogen (secondary N) is 1. The summed E-state index contributed by atoms with van der Waals surface area (Å²) in [7, 11) is 1.60. The average molecular weight is 309 g/mol. The maximum atomic E-state index is 12.5. The first-order chi connectivity index (χ1) is 10.5. The summed E-state index contributed by atoms with van der Waals surface area (Å²) in [5, 5.41) is 16.4. The van der Waals surface area contributed by atoms with Crippen LogP contribution in [0.1, 0.15) is 41.9 Å². The van der Waals surface area contributed by atoms with E-state index in [-0.39, 0.29) is 12.5 Å². The fraction of sp³-hybridized carbons (Fsp3) is 0.667. The SMILES string of the molecule is COCCC[C@]1(C(=O)O)CCCN(C(=O)c2cc(C)[nH]n2)C1. The van der Waals surface area contributed by atoms with E-state index in [1.54, 1.807) is 18.1 Å². The molecule has 0 spiro atoms. The van der Waals surface area contributed by atoms with Gasteiger partial charge in [-0.05, 0) is 38.7 Å². The molecule has 2 heterocycles. The third kappa shape index (κ3) is 3.47. The number of amides is 1. The first-order valence-corrected chi connectivity index (χ1v) is 7.52. The number of carboxylic acids is 1. The van der Waals surface area contributed by atoms with E-state index in [0.29, 0.717) is 44.5 Å². The zero-order chi connectivity index (χ0) is 16.2. The van der Waals surface area contributed by atoms with Gasteiger partial charge in [0.2, 0.25) is 0 Å². The van der Waals surface area contributed by atoms with Crippen LogP contribution in [0.25, 0.3) is 0 Å². The van der Waals surface area contributed by atoms with Gasteiger partial charge in [-0.15, -0.1) is 0 Å². The fourth-order valence-electron chi connectivity index (χ4n) is 3.04. The number of nitrogens with zero attached hydrogens (tertiary/aromatic N) is 2. The number of methoxy groups -OCH3 is 1. The highest BCUT2D eigenvalue weighted by molar-refractivity contribution is 5.93. The summed E-state index contributed by atoms with van der Waals surface area (Å²) in [6.07, 6.45) is 2.47. The van der Waals surface area contributed by atoms with E-state index < -0.39 is 11.4 Å². The lowest BCUT2D eigenvalue weighted by Gasteiger charge is -2.39. The molecule has 1 amide bonds. The predicted octanol–water partition coefficient (Wildman–Crippen LogP) is 1.45. The predicted molar refractivity (Wildman–Crippen MR) is 79.6 cm³/mol. The maximum Gasteiger partial charge on any atom is 0.311 e. The first kappa shape index (κ1) is 16.5. The van der Waals surface area contributed by atoms with Crippen LogP contribution in [0.4, 0.5) is 0 Å². The molecule has 0 aromatic carbocycles. The fourth-order valence-corrected chi connectivity index (χ4v) is 3.04. The molecule has 1 saturated heterocycles. The van der Waals surface area contributed by atoms with Crippen molar-refractivity contribution in [1.82, 2.24) is 15.1 Å². The van der Waals surface area contributed by atoms with Crippen LogP contribution in [-0.2, 0) is 9.53 Å². The van der Waals surface area contributed by atoms with Gasteiger partial charge in [-0.25, -0.2) is 0 Å². The molecule has 7 heteroatoms. The zero-order valence-electron chi connectivity index (χ0n) is 13.1. The molecule has 1 aliphatic rings. The average Bonchev–Trinajstić information content (AvgIpc) is 2.93. The number of carbonyl (C=O) groups excluding carboxylic acids is 1. The number of H-pyrrole nitrogens is 1. The van der Waals surface area contributed by atoms with E-state index in [1.165, 1.54) is 0 Å². The van der Waals surface area contributed by atoms with Crippen LogP contribution in [0.15, 0.2) is 6.07 Å². The van der Waals surface area contributed by atoms with E-state index in [4.69, 9.17) is 4.74 Å². The molecule has 2 N–H and O–H groups in total. The molecule has 1 aliphatic heterocycles. The number of ether oxygens (including phenoxy) is 1. The third-order valence-corrected chi connectivity index (χ3v) is 4.25. The van der Waals surface area contributed by atoms with Gasteiger partial charge < -0.3 is 14.7 Å². The number of aryl methyl sites for hydroxylation is 1. The van der Waals surface area contributed by atoms with Crippen molar-refractivity contribution in [1.29, 1.82) is 0 Å². The Labute approximate surface area is 129 Å². The molecule has 7 nitrogen and oxygen atoms in total. The second-order valence-corrected chi connectivity index (χ2v) is 5.95. The van der Waals surface area contributed by atoms with Crippen LogP contribution >= 0.6 is 0 Å². The van der Waals surface area contributed by atoms with Gasteiger partial charge in [0.25, 0.3) is 5.91 Å². The highest BCUT2D eigenvalue weighted by Gasteiger charge is 2.43. The maximum absolute atomic E-state index is 12.5. The topological polar surface area (TPSA) is 95.5 Å². The molecule has 0 bridgehead atoms. The molecule has 122 valence electrons. The molecule has 22 heavy (non-hydrogen) atoms. The lowest BCUT2D eigenvalue weighted by molar-refractivity contribution is -0.152. The first-order valence-electron chi connectivity index (χ1n) is 7.52. The molecular formula is C15H23N3O4. The van der Waals surface area contributed by atoms with E-state index in [0.717, 1.165) is 5.69 Å². The normalized spacial score (nSPS) is 21.8. The number of likely N-dealkylation sites (tertiary alicyclic amines) is 1. The van der Waals surface area contributed by atoms with Gasteiger partial charge in [-0.2, -0.15) is 5.10 Å². The van der Waals surface area contributed by atoms with Crippen molar-refractivity contribution in [3.05, 3.63) is 17.5 Å². The number of carbonyl (C=O) groups is 2. The zero-order valence-corrected chi connectivity index (χ0v) is 13.1. The number of carboxylic acid groups (broad SMARTS) is 1. The van der Waals surface area contributed by atoms with Crippen LogP contribution in [0.2, 0.25) is 0 Å². The van der Waals surface area contributed by atoms with Crippen molar-refractivity contribution >= 4 is 11.9 Å². The molecule has 2 rings (SSSR count). The molecular weight excluding hydrogens is 286 g/mol. The Balaban J connectivity index is 2.11. The summed E-state index contributed by atoms with van der Waals surface area (Å²) < 4.78 is 5.02. The number of aromatic amines is 1. The Morgan fingerprint density at radius 2 is 2.32 bits per heavy atom. The summed E-state index contributed by atoms with van der Waals surface area (Å²) in [6.45, 7) is 3.16. The summed E-state index contributed by atoms with van der Waals surface area (Å²) in [5.41, 5.74) is 0.276. The van der Waals surface area contributed by atoms with Crippen LogP contribution in [0.5, 0.6) is 0 Å². The van der Waals surface area contributed by atoms with Crippen LogP contribution in [0.3, 0.4) is 0 Å². The van der Waals surface area contributed by atoms with Crippen molar-refractivity contribution in [3.63, 3.8) is 0 Å². The Kier molecular flexibility index (Phi) is 5.18. The molecule has 0 unspecified atom stereocenters. The Bertz CT molecular complexity index is 543. The van der Waals surface area contributed by atoms with Crippen molar-refractivity contribution in [2.75, 3.05) is 26.8 Å². The number of rotatable bonds is 6. The van der Waals surface area contributed by atoms with Crippen LogP contribution in [-0.4, -0.2) is 58.9 Å². The van der Waals surface area contributed by atoms with E-state index in [2.05, 4.69) is 10.2 Å². The number of piperidine rings is 1. The molecule has 1 fully saturated rings. The van der Waals surface area contributed by atoms with Crippen molar-refractivity contribution in [2.24, 2.45) is 5.41 Å². The standard InChI is InChI=1S/C15H23N3O4/c1-11-9-12(17-16-11)13(19)18-7-3-5-15(10-18,14(20)21)6-4-8-22-2/h9H,3-8,10H2,1-2H3,(H,16,17)(H,20,21)/t15-/m1/s1.